The highest BCUT2D eigenvalue weighted by Crippen LogP contribution is 2.24. The van der Waals surface area contributed by atoms with Crippen LogP contribution in [-0.4, -0.2) is 30.3 Å². The highest BCUT2D eigenvalue weighted by atomic mass is 16.3. The van der Waals surface area contributed by atoms with Gasteiger partial charge in [-0.3, -0.25) is 0 Å². The van der Waals surface area contributed by atoms with Gasteiger partial charge in [-0.05, 0) is 35.9 Å². The van der Waals surface area contributed by atoms with Crippen molar-refractivity contribution in [3.05, 3.63) is 71.4 Å². The van der Waals surface area contributed by atoms with Gasteiger partial charge in [-0.2, -0.15) is 0 Å². The number of likely N-dealkylation sites (N-methyl/N-ethyl adjacent to an activating group) is 1. The fraction of sp³-hybridized carbons (Fsp3) is 0.158. The van der Waals surface area contributed by atoms with Crippen LogP contribution in [0.5, 0.6) is 0 Å². The first-order valence-electron chi connectivity index (χ1n) is 7.58. The Hall–Kier alpha value is -3.10. The lowest BCUT2D eigenvalue weighted by molar-refractivity contribution is 0.304. The van der Waals surface area contributed by atoms with Crippen LogP contribution < -0.4 is 4.90 Å². The number of hydrogen-bond donors (Lipinski definition) is 1. The third-order valence-electron chi connectivity index (χ3n) is 3.71. The summed E-state index contributed by atoms with van der Waals surface area (Å²) in [6.45, 7) is 8.09. The number of benzene rings is 2. The van der Waals surface area contributed by atoms with Gasteiger partial charge in [0.25, 0.3) is 0 Å². The van der Waals surface area contributed by atoms with E-state index in [9.17, 15) is 0 Å². The van der Waals surface area contributed by atoms with Crippen LogP contribution in [0.3, 0.4) is 0 Å². The highest BCUT2D eigenvalue weighted by molar-refractivity contribution is 5.85. The molecular weight excluding hydrogens is 302 g/mol. The second-order valence-electron chi connectivity index (χ2n) is 5.36. The van der Waals surface area contributed by atoms with E-state index in [-0.39, 0.29) is 6.61 Å². The summed E-state index contributed by atoms with van der Waals surface area (Å²) >= 11 is 0. The molecule has 0 aliphatic carbocycles. The van der Waals surface area contributed by atoms with Gasteiger partial charge in [0.05, 0.1) is 13.2 Å². The van der Waals surface area contributed by atoms with Crippen LogP contribution in [0, 0.1) is 6.57 Å². The van der Waals surface area contributed by atoms with Crippen molar-refractivity contribution in [2.24, 2.45) is 0 Å². The number of oxazole rings is 1. The molecule has 0 radical (unpaired) electrons. The summed E-state index contributed by atoms with van der Waals surface area (Å²) in [4.78, 5) is 9.88. The van der Waals surface area contributed by atoms with E-state index in [2.05, 4.69) is 9.83 Å². The maximum Gasteiger partial charge on any atom is 0.248 e. The number of aromatic nitrogens is 1. The molecule has 120 valence electrons. The molecule has 3 aromatic rings. The van der Waals surface area contributed by atoms with Crippen LogP contribution >= 0.6 is 0 Å². The maximum absolute atomic E-state index is 8.99. The first-order valence-corrected chi connectivity index (χ1v) is 7.58. The molecule has 0 fully saturated rings. The van der Waals surface area contributed by atoms with Crippen molar-refractivity contribution in [1.29, 1.82) is 0 Å². The van der Waals surface area contributed by atoms with Gasteiger partial charge in [-0.25, -0.2) is 9.83 Å². The van der Waals surface area contributed by atoms with E-state index in [0.29, 0.717) is 23.7 Å². The van der Waals surface area contributed by atoms with E-state index in [1.165, 1.54) is 0 Å². The summed E-state index contributed by atoms with van der Waals surface area (Å²) in [6, 6.07) is 15.2. The molecule has 1 N–H and O–H groups in total. The Bertz CT molecular complexity index is 871. The number of anilines is 1. The number of fused-ring (bicyclic) bond motifs is 1. The normalized spacial score (nSPS) is 11.5. The first-order chi connectivity index (χ1) is 11.7. The summed E-state index contributed by atoms with van der Waals surface area (Å²) < 4.78 is 5.66. The Kier molecular flexibility index (Phi) is 4.59. The topological polar surface area (TPSA) is 53.9 Å². The molecule has 1 heterocycles. The number of hydrogen-bond acceptors (Lipinski definition) is 4. The van der Waals surface area contributed by atoms with Crippen LogP contribution in [-0.2, 0) is 0 Å². The van der Waals surface area contributed by atoms with E-state index in [4.69, 9.17) is 16.1 Å². The Labute approximate surface area is 140 Å². The molecule has 24 heavy (non-hydrogen) atoms. The summed E-state index contributed by atoms with van der Waals surface area (Å²) in [6.07, 6.45) is 1.76. The van der Waals surface area contributed by atoms with Gasteiger partial charge in [0.15, 0.2) is 5.58 Å². The van der Waals surface area contributed by atoms with Gasteiger partial charge in [-0.1, -0.05) is 24.3 Å². The Balaban J connectivity index is 1.89. The van der Waals surface area contributed by atoms with E-state index < -0.39 is 0 Å². The van der Waals surface area contributed by atoms with Gasteiger partial charge in [0.1, 0.15) is 5.52 Å². The van der Waals surface area contributed by atoms with Crippen molar-refractivity contribution in [3.8, 4) is 0 Å². The number of aliphatic hydroxyl groups excluding tert-OH is 1. The van der Waals surface area contributed by atoms with Crippen LogP contribution in [0.2, 0.25) is 0 Å². The molecule has 0 spiro atoms. The minimum Gasteiger partial charge on any atom is -0.447 e. The van der Waals surface area contributed by atoms with E-state index >= 15 is 0 Å². The molecule has 0 unspecified atom stereocenters. The second-order valence-corrected chi connectivity index (χ2v) is 5.36. The predicted octanol–water partition coefficient (Wildman–Crippen LogP) is 3.67. The third-order valence-corrected chi connectivity index (χ3v) is 3.71. The summed E-state index contributed by atoms with van der Waals surface area (Å²) in [5, 5.41) is 8.99. The fourth-order valence-corrected chi connectivity index (χ4v) is 2.39. The molecule has 0 bridgehead atoms. The van der Waals surface area contributed by atoms with E-state index in [1.54, 1.807) is 6.08 Å². The standard InChI is InChI=1S/C19H17N3O2/c1-20-17(19-21-16-5-3-4-6-18(16)24-19)13-14-7-9-15(10-8-14)22(2)11-12-23/h3-10,13,23H,11-12H2,2H3/b17-13-. The van der Waals surface area contributed by atoms with Crippen molar-refractivity contribution in [1.82, 2.24) is 4.98 Å². The van der Waals surface area contributed by atoms with Crippen molar-refractivity contribution in [2.45, 2.75) is 0 Å². The average molecular weight is 319 g/mol. The van der Waals surface area contributed by atoms with Gasteiger partial charge < -0.3 is 14.4 Å². The minimum atomic E-state index is 0.109. The molecule has 0 amide bonds. The third kappa shape index (κ3) is 3.29. The quantitative estimate of drug-likeness (QED) is 0.729. The van der Waals surface area contributed by atoms with Gasteiger partial charge >= 0.3 is 0 Å². The number of aliphatic hydroxyl groups is 1. The lowest BCUT2D eigenvalue weighted by Crippen LogP contribution is -2.20. The monoisotopic (exact) mass is 319 g/mol. The zero-order valence-electron chi connectivity index (χ0n) is 13.3. The number of rotatable bonds is 5. The molecule has 0 aliphatic heterocycles. The Morgan fingerprint density at radius 2 is 2.00 bits per heavy atom. The highest BCUT2D eigenvalue weighted by Gasteiger charge is 2.11. The van der Waals surface area contributed by atoms with Crippen LogP contribution in [0.15, 0.2) is 52.9 Å². The molecule has 0 saturated heterocycles. The minimum absolute atomic E-state index is 0.109. The maximum atomic E-state index is 8.99. The van der Waals surface area contributed by atoms with Crippen LogP contribution in [0.25, 0.3) is 27.7 Å². The molecule has 3 rings (SSSR count). The van der Waals surface area contributed by atoms with Crippen LogP contribution in [0.1, 0.15) is 11.5 Å². The molecular formula is C19H17N3O2. The second kappa shape index (κ2) is 6.99. The van der Waals surface area contributed by atoms with Crippen molar-refractivity contribution >= 4 is 28.6 Å². The zero-order valence-corrected chi connectivity index (χ0v) is 13.3. The molecule has 2 aromatic carbocycles. The van der Waals surface area contributed by atoms with Crippen molar-refractivity contribution < 1.29 is 9.52 Å². The van der Waals surface area contributed by atoms with Crippen molar-refractivity contribution in [3.63, 3.8) is 0 Å². The molecule has 5 nitrogen and oxygen atoms in total. The number of nitrogens with zero attached hydrogens (tertiary/aromatic N) is 3. The summed E-state index contributed by atoms with van der Waals surface area (Å²) in [7, 11) is 1.92. The van der Waals surface area contributed by atoms with Gasteiger partial charge in [-0.15, -0.1) is 0 Å². The summed E-state index contributed by atoms with van der Waals surface area (Å²) in [5.74, 6) is 0.327. The van der Waals surface area contributed by atoms with E-state index in [0.717, 1.165) is 16.8 Å². The van der Waals surface area contributed by atoms with Gasteiger partial charge in [0, 0.05) is 19.3 Å². The molecule has 5 heteroatoms. The predicted molar refractivity (Wildman–Crippen MR) is 95.3 cm³/mol. The SMILES string of the molecule is [C-]#[N+]/C(=C\c1ccc(N(C)CCO)cc1)c1nc2ccccc2o1. The smallest absolute Gasteiger partial charge is 0.248 e. The van der Waals surface area contributed by atoms with E-state index in [1.807, 2.05) is 60.5 Å². The molecule has 0 saturated carbocycles. The largest absolute Gasteiger partial charge is 0.447 e. The van der Waals surface area contributed by atoms with Gasteiger partial charge in [0.2, 0.25) is 11.6 Å². The lowest BCUT2D eigenvalue weighted by atomic mass is 10.1. The molecule has 1 aromatic heterocycles. The fourth-order valence-electron chi connectivity index (χ4n) is 2.39. The average Bonchev–Trinajstić information content (AvgIpc) is 3.04. The molecule has 0 aliphatic rings. The zero-order chi connectivity index (χ0) is 16.9. The number of para-hydroxylation sites is 2. The first kappa shape index (κ1) is 15.8. The Morgan fingerprint density at radius 3 is 2.67 bits per heavy atom. The van der Waals surface area contributed by atoms with Crippen molar-refractivity contribution in [2.75, 3.05) is 25.1 Å². The lowest BCUT2D eigenvalue weighted by Gasteiger charge is -2.17. The van der Waals surface area contributed by atoms with Crippen LogP contribution in [0.4, 0.5) is 5.69 Å². The molecule has 0 atom stereocenters. The Morgan fingerprint density at radius 1 is 1.25 bits per heavy atom. The summed E-state index contributed by atoms with van der Waals surface area (Å²) in [5.41, 5.74) is 3.67.